The highest BCUT2D eigenvalue weighted by Crippen LogP contribution is 2.32. The predicted molar refractivity (Wildman–Crippen MR) is 67.3 cm³/mol. The van der Waals surface area contributed by atoms with Crippen molar-refractivity contribution in [1.82, 2.24) is 15.0 Å². The smallest absolute Gasteiger partial charge is 0.422 e. The summed E-state index contributed by atoms with van der Waals surface area (Å²) < 4.78 is 46.4. The predicted octanol–water partition coefficient (Wildman–Crippen LogP) is 2.84. The van der Waals surface area contributed by atoms with Crippen LogP contribution in [0.1, 0.15) is 0 Å². The van der Waals surface area contributed by atoms with Crippen LogP contribution in [0.3, 0.4) is 0 Å². The molecule has 0 bridgehead atoms. The SMILES string of the molecule is Nc1ncc(Oc2ncc(Cl)cc2OCC(F)(F)F)cn1. The molecule has 21 heavy (non-hydrogen) atoms. The van der Waals surface area contributed by atoms with Crippen LogP contribution in [0.15, 0.2) is 24.7 Å². The first-order chi connectivity index (χ1) is 9.83. The van der Waals surface area contributed by atoms with Gasteiger partial charge in [0.05, 0.1) is 17.4 Å². The molecule has 0 unspecified atom stereocenters. The molecule has 2 aromatic rings. The Hall–Kier alpha value is -2.29. The monoisotopic (exact) mass is 320 g/mol. The second kappa shape index (κ2) is 6.00. The van der Waals surface area contributed by atoms with Crippen LogP contribution in [0, 0.1) is 0 Å². The maximum atomic E-state index is 12.2. The average Bonchev–Trinajstić information content (AvgIpc) is 2.40. The highest BCUT2D eigenvalue weighted by Gasteiger charge is 2.29. The summed E-state index contributed by atoms with van der Waals surface area (Å²) in [6, 6.07) is 1.16. The fourth-order valence-electron chi connectivity index (χ4n) is 1.24. The lowest BCUT2D eigenvalue weighted by molar-refractivity contribution is -0.153. The van der Waals surface area contributed by atoms with E-state index in [2.05, 4.69) is 19.7 Å². The van der Waals surface area contributed by atoms with E-state index in [0.29, 0.717) is 0 Å². The Morgan fingerprint density at radius 2 is 1.81 bits per heavy atom. The largest absolute Gasteiger partial charge is 0.478 e. The number of hydrogen-bond acceptors (Lipinski definition) is 6. The van der Waals surface area contributed by atoms with Gasteiger partial charge in [-0.1, -0.05) is 11.6 Å². The van der Waals surface area contributed by atoms with E-state index >= 15 is 0 Å². The molecule has 0 saturated carbocycles. The number of pyridine rings is 1. The fourth-order valence-corrected chi connectivity index (χ4v) is 1.39. The first kappa shape index (κ1) is 15.1. The Labute approximate surface area is 121 Å². The van der Waals surface area contributed by atoms with E-state index in [1.807, 2.05) is 0 Å². The van der Waals surface area contributed by atoms with E-state index < -0.39 is 12.8 Å². The summed E-state index contributed by atoms with van der Waals surface area (Å²) in [6.45, 7) is -1.50. The molecular weight excluding hydrogens is 313 g/mol. The first-order valence-electron chi connectivity index (χ1n) is 5.44. The van der Waals surface area contributed by atoms with Crippen LogP contribution < -0.4 is 15.2 Å². The van der Waals surface area contributed by atoms with Gasteiger partial charge in [0.15, 0.2) is 18.1 Å². The van der Waals surface area contributed by atoms with Crippen LogP contribution >= 0.6 is 11.6 Å². The van der Waals surface area contributed by atoms with E-state index in [1.165, 1.54) is 18.6 Å². The summed E-state index contributed by atoms with van der Waals surface area (Å²) in [5.41, 5.74) is 5.30. The van der Waals surface area contributed by atoms with Gasteiger partial charge in [-0.3, -0.25) is 0 Å². The van der Waals surface area contributed by atoms with Crippen molar-refractivity contribution in [2.24, 2.45) is 0 Å². The second-order valence-electron chi connectivity index (χ2n) is 3.74. The summed E-state index contributed by atoms with van der Waals surface area (Å²) in [4.78, 5) is 11.1. The molecule has 0 aliphatic heterocycles. The molecule has 2 heterocycles. The fraction of sp³-hybridized carbons (Fsp3) is 0.182. The van der Waals surface area contributed by atoms with Gasteiger partial charge >= 0.3 is 6.18 Å². The second-order valence-corrected chi connectivity index (χ2v) is 4.18. The molecule has 2 N–H and O–H groups in total. The molecule has 10 heteroatoms. The molecule has 0 fully saturated rings. The molecular formula is C11H8ClF3N4O2. The molecule has 0 amide bonds. The van der Waals surface area contributed by atoms with Crippen molar-refractivity contribution >= 4 is 17.5 Å². The zero-order chi connectivity index (χ0) is 15.5. The Morgan fingerprint density at radius 3 is 2.43 bits per heavy atom. The van der Waals surface area contributed by atoms with E-state index in [9.17, 15) is 13.2 Å². The van der Waals surface area contributed by atoms with Gasteiger partial charge < -0.3 is 15.2 Å². The van der Waals surface area contributed by atoms with E-state index in [-0.39, 0.29) is 28.3 Å². The number of alkyl halides is 3. The maximum Gasteiger partial charge on any atom is 0.422 e. The molecule has 2 rings (SSSR count). The third-order valence-electron chi connectivity index (χ3n) is 2.04. The number of halogens is 4. The molecule has 0 atom stereocenters. The van der Waals surface area contributed by atoms with E-state index in [0.717, 1.165) is 6.07 Å². The summed E-state index contributed by atoms with van der Waals surface area (Å²) in [5, 5.41) is 0.105. The zero-order valence-electron chi connectivity index (χ0n) is 10.3. The molecule has 0 aliphatic carbocycles. The van der Waals surface area contributed by atoms with Crippen LogP contribution in [0.25, 0.3) is 0 Å². The van der Waals surface area contributed by atoms with Crippen molar-refractivity contribution in [2.75, 3.05) is 12.3 Å². The maximum absolute atomic E-state index is 12.2. The Morgan fingerprint density at radius 1 is 1.14 bits per heavy atom. The van der Waals surface area contributed by atoms with Gasteiger partial charge in [-0.05, 0) is 0 Å². The minimum absolute atomic E-state index is 0.0277. The summed E-state index contributed by atoms with van der Waals surface area (Å²) >= 11 is 5.67. The van der Waals surface area contributed by atoms with Gasteiger partial charge in [0.25, 0.3) is 5.88 Å². The lowest BCUT2D eigenvalue weighted by Gasteiger charge is -2.12. The van der Waals surface area contributed by atoms with Crippen LogP contribution in [-0.2, 0) is 0 Å². The number of anilines is 1. The van der Waals surface area contributed by atoms with Crippen molar-refractivity contribution in [2.45, 2.75) is 6.18 Å². The first-order valence-corrected chi connectivity index (χ1v) is 5.82. The standard InChI is InChI=1S/C11H8ClF3N4O2/c12-6-1-8(20-5-11(13,14)15)9(17-2-6)21-7-3-18-10(16)19-4-7/h1-4H,5H2,(H2,16,18,19). The van der Waals surface area contributed by atoms with Crippen molar-refractivity contribution in [1.29, 1.82) is 0 Å². The summed E-state index contributed by atoms with van der Waals surface area (Å²) in [5.74, 6) is -0.287. The minimum Gasteiger partial charge on any atom is -0.478 e. The molecule has 112 valence electrons. The lowest BCUT2D eigenvalue weighted by atomic mass is 10.4. The quantitative estimate of drug-likeness (QED) is 0.932. The van der Waals surface area contributed by atoms with Gasteiger partial charge in [0.2, 0.25) is 5.95 Å². The molecule has 0 aliphatic rings. The van der Waals surface area contributed by atoms with Crippen LogP contribution in [0.4, 0.5) is 19.1 Å². The molecule has 0 saturated heterocycles. The van der Waals surface area contributed by atoms with E-state index in [1.54, 1.807) is 0 Å². The normalized spacial score (nSPS) is 11.2. The summed E-state index contributed by atoms with van der Waals surface area (Å²) in [6.07, 6.45) is -0.808. The number of nitrogens with zero attached hydrogens (tertiary/aromatic N) is 3. The molecule has 0 aromatic carbocycles. The number of aromatic nitrogens is 3. The highest BCUT2D eigenvalue weighted by molar-refractivity contribution is 6.30. The number of hydrogen-bond donors (Lipinski definition) is 1. The third kappa shape index (κ3) is 4.63. The van der Waals surface area contributed by atoms with Crippen molar-refractivity contribution in [3.05, 3.63) is 29.7 Å². The molecule has 0 radical (unpaired) electrons. The lowest BCUT2D eigenvalue weighted by Crippen LogP contribution is -2.19. The van der Waals surface area contributed by atoms with Crippen LogP contribution in [0.2, 0.25) is 5.02 Å². The molecule has 2 aromatic heterocycles. The number of ether oxygens (including phenoxy) is 2. The number of rotatable bonds is 4. The van der Waals surface area contributed by atoms with Crippen molar-refractivity contribution < 1.29 is 22.6 Å². The van der Waals surface area contributed by atoms with Crippen molar-refractivity contribution in [3.63, 3.8) is 0 Å². The van der Waals surface area contributed by atoms with Gasteiger partial charge in [-0.2, -0.15) is 13.2 Å². The highest BCUT2D eigenvalue weighted by atomic mass is 35.5. The Kier molecular flexibility index (Phi) is 4.32. The minimum atomic E-state index is -4.50. The van der Waals surface area contributed by atoms with Gasteiger partial charge in [-0.25, -0.2) is 15.0 Å². The topological polar surface area (TPSA) is 83.2 Å². The van der Waals surface area contributed by atoms with Crippen molar-refractivity contribution in [3.8, 4) is 17.4 Å². The third-order valence-corrected chi connectivity index (χ3v) is 2.25. The average molecular weight is 321 g/mol. The zero-order valence-corrected chi connectivity index (χ0v) is 11.0. The molecule has 0 spiro atoms. The number of nitrogens with two attached hydrogens (primary N) is 1. The number of nitrogen functional groups attached to an aromatic ring is 1. The van der Waals surface area contributed by atoms with E-state index in [4.69, 9.17) is 22.1 Å². The van der Waals surface area contributed by atoms with Gasteiger partial charge in [-0.15, -0.1) is 0 Å². The Bertz CT molecular complexity index is 622. The Balaban J connectivity index is 2.20. The van der Waals surface area contributed by atoms with Crippen LogP contribution in [-0.4, -0.2) is 27.7 Å². The van der Waals surface area contributed by atoms with Gasteiger partial charge in [0.1, 0.15) is 0 Å². The molecule has 6 nitrogen and oxygen atoms in total. The van der Waals surface area contributed by atoms with Crippen LogP contribution in [0.5, 0.6) is 17.4 Å². The van der Waals surface area contributed by atoms with Gasteiger partial charge in [0, 0.05) is 12.3 Å². The summed E-state index contributed by atoms with van der Waals surface area (Å²) in [7, 11) is 0.